The maximum absolute atomic E-state index is 5.52. The number of rotatable bonds is 4. The minimum absolute atomic E-state index is 0.121. The zero-order valence-electron chi connectivity index (χ0n) is 29.3. The highest BCUT2D eigenvalue weighted by Gasteiger charge is 2.36. The van der Waals surface area contributed by atoms with Crippen molar-refractivity contribution in [1.82, 2.24) is 9.38 Å². The van der Waals surface area contributed by atoms with E-state index in [-0.39, 0.29) is 5.41 Å². The zero-order chi connectivity index (χ0) is 35.1. The van der Waals surface area contributed by atoms with Crippen LogP contribution in [0.3, 0.4) is 0 Å². The predicted octanol–water partition coefficient (Wildman–Crippen LogP) is 11.5. The van der Waals surface area contributed by atoms with Gasteiger partial charge < -0.3 is 0 Å². The fraction of sp³-hybridized carbons (Fsp3) is 0.0600. The van der Waals surface area contributed by atoms with E-state index in [9.17, 15) is 0 Å². The summed E-state index contributed by atoms with van der Waals surface area (Å²) in [7, 11) is 0. The van der Waals surface area contributed by atoms with Crippen molar-refractivity contribution < 1.29 is 0 Å². The molecule has 0 bridgehead atoms. The van der Waals surface area contributed by atoms with Gasteiger partial charge in [-0.3, -0.25) is 4.40 Å². The molecule has 0 fully saturated rings. The van der Waals surface area contributed by atoms with Crippen molar-refractivity contribution in [2.45, 2.75) is 19.3 Å². The van der Waals surface area contributed by atoms with Gasteiger partial charge in [-0.15, -0.1) is 0 Å². The Bertz CT molecular complexity index is 3060. The van der Waals surface area contributed by atoms with Gasteiger partial charge in [-0.25, -0.2) is 4.98 Å². The van der Waals surface area contributed by atoms with Crippen LogP contribution in [-0.2, 0) is 5.41 Å². The summed E-state index contributed by atoms with van der Waals surface area (Å²) in [5, 5.41) is 7.99. The summed E-state index contributed by atoms with van der Waals surface area (Å²) in [5.41, 5.74) is 14.0. The van der Waals surface area contributed by atoms with Gasteiger partial charge in [0.1, 0.15) is 5.65 Å². The van der Waals surface area contributed by atoms with Crippen LogP contribution in [0.5, 0.6) is 0 Å². The number of hydrogen-bond acceptors (Lipinski definition) is 1. The molecular weight excluding hydrogens is 629 g/mol. The van der Waals surface area contributed by atoms with Crippen molar-refractivity contribution in [3.8, 4) is 44.8 Å². The standard InChI is InChI=1S/C50H36N2/c1-5-14-37-31(2)21-25-40-39-26-22-36(35-23-27-41-43(29-35)50(3,4)42-28-24-32-15-12-13-20-38(32)45(41)42)30-44(39)52-48(34-18-10-7-11-19-34)47(51-49(52)46(37)40)33-16-8-6-9-17-33/h5-30H,1-2H2,3-4H3/b37-14+. The van der Waals surface area contributed by atoms with Crippen LogP contribution in [0.2, 0.25) is 0 Å². The largest absolute Gasteiger partial charge is 0.291 e. The van der Waals surface area contributed by atoms with Gasteiger partial charge in [0.2, 0.25) is 0 Å². The summed E-state index contributed by atoms with van der Waals surface area (Å²) in [4.78, 5) is 5.52. The highest BCUT2D eigenvalue weighted by Crippen LogP contribution is 2.52. The Balaban J connectivity index is 1.30. The van der Waals surface area contributed by atoms with Crippen molar-refractivity contribution in [2.75, 3.05) is 0 Å². The van der Waals surface area contributed by atoms with Gasteiger partial charge in [-0.1, -0.05) is 173 Å². The van der Waals surface area contributed by atoms with Crippen LogP contribution >= 0.6 is 0 Å². The third-order valence-corrected chi connectivity index (χ3v) is 11.2. The van der Waals surface area contributed by atoms with Gasteiger partial charge in [0.05, 0.1) is 16.9 Å². The molecule has 10 rings (SSSR count). The molecule has 0 saturated carbocycles. The van der Waals surface area contributed by atoms with Crippen molar-refractivity contribution in [2.24, 2.45) is 0 Å². The molecule has 0 radical (unpaired) electrons. The molecule has 0 unspecified atom stereocenters. The normalized spacial score (nSPS) is 13.6. The average Bonchev–Trinajstić information content (AvgIpc) is 3.70. The summed E-state index contributed by atoms with van der Waals surface area (Å²) in [6.07, 6.45) is 3.92. The summed E-state index contributed by atoms with van der Waals surface area (Å²) >= 11 is 0. The molecular formula is C50H36N2. The van der Waals surface area contributed by atoms with Crippen LogP contribution in [0, 0.1) is 0 Å². The van der Waals surface area contributed by atoms with Crippen LogP contribution in [0.25, 0.3) is 95.5 Å². The van der Waals surface area contributed by atoms with Gasteiger partial charge >= 0.3 is 0 Å². The average molecular weight is 665 g/mol. The molecule has 1 aliphatic carbocycles. The molecule has 246 valence electrons. The first-order valence-electron chi connectivity index (χ1n) is 17.9. The molecule has 52 heavy (non-hydrogen) atoms. The van der Waals surface area contributed by atoms with Crippen molar-refractivity contribution in [3.05, 3.63) is 180 Å². The lowest BCUT2D eigenvalue weighted by Crippen LogP contribution is -2.24. The van der Waals surface area contributed by atoms with Gasteiger partial charge in [0.25, 0.3) is 0 Å². The van der Waals surface area contributed by atoms with Crippen molar-refractivity contribution in [1.29, 1.82) is 0 Å². The maximum Gasteiger partial charge on any atom is 0.147 e. The molecule has 0 amide bonds. The summed E-state index contributed by atoms with van der Waals surface area (Å²) in [6.45, 7) is 13.2. The van der Waals surface area contributed by atoms with E-state index in [0.29, 0.717) is 0 Å². The number of fused-ring (bicyclic) bond motifs is 11. The van der Waals surface area contributed by atoms with Crippen LogP contribution in [0.4, 0.5) is 0 Å². The lowest BCUT2D eigenvalue weighted by molar-refractivity contribution is 0.661. The summed E-state index contributed by atoms with van der Waals surface area (Å²) in [6, 6.07) is 52.9. The first-order chi connectivity index (χ1) is 25.4. The molecule has 9 aromatic rings. The van der Waals surface area contributed by atoms with E-state index >= 15 is 0 Å². The summed E-state index contributed by atoms with van der Waals surface area (Å²) in [5.74, 6) is 0. The van der Waals surface area contributed by atoms with Crippen molar-refractivity contribution >= 4 is 50.7 Å². The number of nitrogens with zero attached hydrogens (tertiary/aromatic N) is 2. The molecule has 0 aliphatic heterocycles. The first kappa shape index (κ1) is 30.3. The molecule has 2 heterocycles. The van der Waals surface area contributed by atoms with E-state index in [2.05, 4.69) is 183 Å². The predicted molar refractivity (Wildman–Crippen MR) is 221 cm³/mol. The fourth-order valence-electron chi connectivity index (χ4n) is 8.73. The molecule has 2 nitrogen and oxygen atoms in total. The third-order valence-electron chi connectivity index (χ3n) is 11.2. The molecule has 0 saturated heterocycles. The number of aromatic nitrogens is 2. The first-order valence-corrected chi connectivity index (χ1v) is 17.9. The van der Waals surface area contributed by atoms with Gasteiger partial charge in [0, 0.05) is 27.3 Å². The SMILES string of the molecule is C=C/C=c1\c(=C)ccc2c3ccc(-c4ccc5c(c4)C(C)(C)c4ccc6ccccc6c4-5)cc3n3c(-c4ccccc4)c(-c4ccccc4)nc3c12. The number of benzene rings is 7. The lowest BCUT2D eigenvalue weighted by Gasteiger charge is -2.22. The Kier molecular flexibility index (Phi) is 6.56. The minimum Gasteiger partial charge on any atom is -0.291 e. The quantitative estimate of drug-likeness (QED) is 0.171. The Morgan fingerprint density at radius 3 is 2.10 bits per heavy atom. The topological polar surface area (TPSA) is 17.3 Å². The fourth-order valence-corrected chi connectivity index (χ4v) is 8.73. The molecule has 0 N–H and O–H groups in total. The van der Waals surface area contributed by atoms with E-state index in [1.54, 1.807) is 0 Å². The Morgan fingerprint density at radius 2 is 1.31 bits per heavy atom. The van der Waals surface area contributed by atoms with Crippen LogP contribution < -0.4 is 10.4 Å². The highest BCUT2D eigenvalue weighted by molar-refractivity contribution is 6.14. The second-order valence-corrected chi connectivity index (χ2v) is 14.5. The maximum atomic E-state index is 5.52. The molecule has 2 aromatic heterocycles. The third kappa shape index (κ3) is 4.28. The highest BCUT2D eigenvalue weighted by atomic mass is 15.0. The lowest BCUT2D eigenvalue weighted by atomic mass is 9.81. The van der Waals surface area contributed by atoms with E-state index in [1.165, 1.54) is 49.5 Å². The molecule has 2 heteroatoms. The number of pyridine rings is 1. The van der Waals surface area contributed by atoms with Crippen molar-refractivity contribution in [3.63, 3.8) is 0 Å². The second-order valence-electron chi connectivity index (χ2n) is 14.5. The van der Waals surface area contributed by atoms with Gasteiger partial charge in [-0.2, -0.15) is 0 Å². The zero-order valence-corrected chi connectivity index (χ0v) is 29.3. The van der Waals surface area contributed by atoms with Crippen LogP contribution in [0.15, 0.2) is 158 Å². The Morgan fingerprint density at radius 1 is 0.615 bits per heavy atom. The molecule has 1 aliphatic rings. The van der Waals surface area contributed by atoms with E-state index in [4.69, 9.17) is 4.98 Å². The van der Waals surface area contributed by atoms with Crippen LogP contribution in [-0.4, -0.2) is 9.38 Å². The Labute approximate surface area is 303 Å². The Hall–Kier alpha value is -6.51. The number of allylic oxidation sites excluding steroid dienone is 1. The minimum atomic E-state index is -0.121. The summed E-state index contributed by atoms with van der Waals surface area (Å²) < 4.78 is 2.39. The van der Waals surface area contributed by atoms with Gasteiger partial charge in [0.15, 0.2) is 0 Å². The van der Waals surface area contributed by atoms with E-state index in [0.717, 1.165) is 54.9 Å². The molecule has 0 spiro atoms. The number of hydrogen-bond donors (Lipinski definition) is 0. The molecule has 7 aromatic carbocycles. The van der Waals surface area contributed by atoms with E-state index in [1.807, 2.05) is 6.08 Å². The van der Waals surface area contributed by atoms with Crippen LogP contribution in [0.1, 0.15) is 25.0 Å². The van der Waals surface area contributed by atoms with E-state index < -0.39 is 0 Å². The van der Waals surface area contributed by atoms with Gasteiger partial charge in [-0.05, 0) is 72.1 Å². The smallest absolute Gasteiger partial charge is 0.147 e. The number of imidazole rings is 1. The monoisotopic (exact) mass is 664 g/mol. The molecule has 0 atom stereocenters. The second kappa shape index (κ2) is 11.2.